The summed E-state index contributed by atoms with van der Waals surface area (Å²) in [7, 11) is 0. The van der Waals surface area contributed by atoms with E-state index in [2.05, 4.69) is 20.2 Å². The highest BCUT2D eigenvalue weighted by Gasteiger charge is 2.42. The van der Waals surface area contributed by atoms with Crippen molar-refractivity contribution in [3.63, 3.8) is 0 Å². The molecule has 1 aliphatic heterocycles. The molecule has 1 saturated heterocycles. The Morgan fingerprint density at radius 2 is 1.91 bits per heavy atom. The van der Waals surface area contributed by atoms with Crippen LogP contribution in [0.3, 0.4) is 0 Å². The topological polar surface area (TPSA) is 68.4 Å². The summed E-state index contributed by atoms with van der Waals surface area (Å²) < 4.78 is 44.7. The minimum absolute atomic E-state index is 0.0512. The maximum absolute atomic E-state index is 12.7. The first-order valence-electron chi connectivity index (χ1n) is 11.5. The number of fused-ring (bicyclic) bond motifs is 3. The lowest BCUT2D eigenvalue weighted by Gasteiger charge is -2.38. The highest BCUT2D eigenvalue weighted by molar-refractivity contribution is 6.29. The Kier molecular flexibility index (Phi) is 6.03. The van der Waals surface area contributed by atoms with Gasteiger partial charge in [0.1, 0.15) is 0 Å². The average molecular weight is 495 g/mol. The van der Waals surface area contributed by atoms with Gasteiger partial charge in [0.15, 0.2) is 23.2 Å². The van der Waals surface area contributed by atoms with Crippen LogP contribution in [0.4, 0.5) is 18.9 Å². The maximum atomic E-state index is 12.7. The Morgan fingerprint density at radius 1 is 1.18 bits per heavy atom. The van der Waals surface area contributed by atoms with Gasteiger partial charge in [0.2, 0.25) is 5.88 Å². The first-order valence-corrected chi connectivity index (χ1v) is 11.9. The van der Waals surface area contributed by atoms with Crippen molar-refractivity contribution in [2.24, 2.45) is 17.8 Å². The summed E-state index contributed by atoms with van der Waals surface area (Å²) in [6.45, 7) is 4.47. The number of hydrogen-bond donors (Lipinski definition) is 0. The minimum atomic E-state index is -4.42. The van der Waals surface area contributed by atoms with Gasteiger partial charge in [0.25, 0.3) is 0 Å². The molecule has 0 spiro atoms. The second-order valence-electron chi connectivity index (χ2n) is 9.56. The second-order valence-corrected chi connectivity index (χ2v) is 9.94. The third kappa shape index (κ3) is 4.64. The standard InChI is InChI=1S/C23H26ClF3N6O/c1-13(2)17-5-6-21(34-12-23(25,26)27)33-22(17)29-20(31-33)8-18-14-3-4-15(18)11-32(10-14)16-7-19(24)30-28-9-16/h5-7,9,13-15,18H,3-4,8,10-12H2,1-2H3/t14-,15+,18?. The van der Waals surface area contributed by atoms with E-state index in [0.29, 0.717) is 40.8 Å². The summed E-state index contributed by atoms with van der Waals surface area (Å²) in [5.74, 6) is 2.22. The van der Waals surface area contributed by atoms with E-state index in [9.17, 15) is 13.2 Å². The van der Waals surface area contributed by atoms with Gasteiger partial charge in [0, 0.05) is 31.6 Å². The third-order valence-electron chi connectivity index (χ3n) is 6.95. The lowest BCUT2D eigenvalue weighted by atomic mass is 9.82. The van der Waals surface area contributed by atoms with Crippen molar-refractivity contribution in [2.45, 2.75) is 45.2 Å². The zero-order chi connectivity index (χ0) is 24.0. The van der Waals surface area contributed by atoms with Gasteiger partial charge in [-0.05, 0) is 48.1 Å². The molecule has 3 aromatic rings. The van der Waals surface area contributed by atoms with Crippen LogP contribution in [0.5, 0.6) is 5.88 Å². The summed E-state index contributed by atoms with van der Waals surface area (Å²) in [6.07, 6.45) is 0.265. The van der Waals surface area contributed by atoms with E-state index in [-0.39, 0.29) is 11.8 Å². The van der Waals surface area contributed by atoms with Gasteiger partial charge in [-0.3, -0.25) is 0 Å². The molecule has 2 bridgehead atoms. The molecule has 182 valence electrons. The van der Waals surface area contributed by atoms with Crippen LogP contribution in [-0.2, 0) is 6.42 Å². The number of nitrogens with zero attached hydrogens (tertiary/aromatic N) is 6. The Morgan fingerprint density at radius 3 is 2.56 bits per heavy atom. The zero-order valence-electron chi connectivity index (χ0n) is 19.0. The van der Waals surface area contributed by atoms with Gasteiger partial charge in [-0.15, -0.1) is 10.2 Å². The molecular formula is C23H26ClF3N6O. The fourth-order valence-corrected chi connectivity index (χ4v) is 5.55. The van der Waals surface area contributed by atoms with Gasteiger partial charge in [0.05, 0.1) is 11.9 Å². The van der Waals surface area contributed by atoms with Crippen LogP contribution in [-0.4, -0.2) is 50.7 Å². The molecule has 1 unspecified atom stereocenters. The second kappa shape index (κ2) is 8.87. The predicted octanol–water partition coefficient (Wildman–Crippen LogP) is 4.94. The Balaban J connectivity index is 1.38. The van der Waals surface area contributed by atoms with Gasteiger partial charge >= 0.3 is 6.18 Å². The van der Waals surface area contributed by atoms with Crippen molar-refractivity contribution in [1.29, 1.82) is 0 Å². The van der Waals surface area contributed by atoms with Crippen molar-refractivity contribution in [2.75, 3.05) is 24.6 Å². The van der Waals surface area contributed by atoms with E-state index in [1.807, 2.05) is 19.9 Å². The van der Waals surface area contributed by atoms with Crippen LogP contribution in [0.1, 0.15) is 44.0 Å². The van der Waals surface area contributed by atoms with Crippen molar-refractivity contribution in [3.8, 4) is 5.88 Å². The SMILES string of the molecule is CC(C)c1ccc(OCC(F)(F)F)n2nc(CC3[C@@H]4CC[C@H]3CN(c3cnnc(Cl)c3)C4)nc12. The number of pyridine rings is 1. The first-order chi connectivity index (χ1) is 16.2. The molecule has 7 nitrogen and oxygen atoms in total. The molecule has 4 heterocycles. The number of anilines is 1. The molecule has 1 saturated carbocycles. The molecular weight excluding hydrogens is 469 g/mol. The minimum Gasteiger partial charge on any atom is -0.468 e. The fraction of sp³-hybridized carbons (Fsp3) is 0.565. The summed E-state index contributed by atoms with van der Waals surface area (Å²) in [4.78, 5) is 7.08. The molecule has 3 atom stereocenters. The summed E-state index contributed by atoms with van der Waals surface area (Å²) in [5, 5.41) is 12.8. The Labute approximate surface area is 200 Å². The smallest absolute Gasteiger partial charge is 0.422 e. The summed E-state index contributed by atoms with van der Waals surface area (Å²) >= 11 is 6.03. The average Bonchev–Trinajstić information content (AvgIpc) is 3.28. The van der Waals surface area contributed by atoms with E-state index in [1.54, 1.807) is 18.3 Å². The van der Waals surface area contributed by atoms with E-state index in [0.717, 1.165) is 37.2 Å². The fourth-order valence-electron chi connectivity index (χ4n) is 5.40. The molecule has 0 radical (unpaired) electrons. The maximum Gasteiger partial charge on any atom is 0.422 e. The molecule has 11 heteroatoms. The van der Waals surface area contributed by atoms with Gasteiger partial charge < -0.3 is 9.64 Å². The van der Waals surface area contributed by atoms with Crippen molar-refractivity contribution >= 4 is 22.9 Å². The highest BCUT2D eigenvalue weighted by Crippen LogP contribution is 2.44. The molecule has 3 aromatic heterocycles. The van der Waals surface area contributed by atoms with Crippen molar-refractivity contribution in [1.82, 2.24) is 24.8 Å². The summed E-state index contributed by atoms with van der Waals surface area (Å²) in [6, 6.07) is 5.16. The van der Waals surface area contributed by atoms with Gasteiger partial charge in [-0.25, -0.2) is 4.98 Å². The van der Waals surface area contributed by atoms with Crippen LogP contribution in [0.2, 0.25) is 5.15 Å². The van der Waals surface area contributed by atoms with Crippen LogP contribution < -0.4 is 9.64 Å². The van der Waals surface area contributed by atoms with Gasteiger partial charge in [-0.2, -0.15) is 22.8 Å². The number of aromatic nitrogens is 5. The number of rotatable bonds is 6. The zero-order valence-corrected chi connectivity index (χ0v) is 19.7. The molecule has 1 aliphatic carbocycles. The lowest BCUT2D eigenvalue weighted by molar-refractivity contribution is -0.154. The Bertz CT molecular complexity index is 1170. The van der Waals surface area contributed by atoms with Crippen LogP contribution in [0, 0.1) is 17.8 Å². The Hall–Kier alpha value is -2.62. The number of halogens is 4. The van der Waals surface area contributed by atoms with Crippen LogP contribution in [0.15, 0.2) is 24.4 Å². The molecule has 5 rings (SSSR count). The number of hydrogen-bond acceptors (Lipinski definition) is 6. The van der Waals surface area contributed by atoms with E-state index < -0.39 is 12.8 Å². The van der Waals surface area contributed by atoms with Crippen LogP contribution >= 0.6 is 11.6 Å². The van der Waals surface area contributed by atoms with Gasteiger partial charge in [-0.1, -0.05) is 25.4 Å². The first kappa shape index (κ1) is 23.1. The largest absolute Gasteiger partial charge is 0.468 e. The molecule has 0 N–H and O–H groups in total. The molecule has 0 aromatic carbocycles. The number of alkyl halides is 3. The molecule has 2 fully saturated rings. The third-order valence-corrected chi connectivity index (χ3v) is 7.14. The van der Waals surface area contributed by atoms with Crippen molar-refractivity contribution < 1.29 is 17.9 Å². The molecule has 34 heavy (non-hydrogen) atoms. The number of ether oxygens (including phenoxy) is 1. The van der Waals surface area contributed by atoms with E-state index in [4.69, 9.17) is 21.3 Å². The van der Waals surface area contributed by atoms with Crippen molar-refractivity contribution in [3.05, 3.63) is 40.9 Å². The van der Waals surface area contributed by atoms with E-state index in [1.165, 1.54) is 4.52 Å². The quantitative estimate of drug-likeness (QED) is 0.483. The highest BCUT2D eigenvalue weighted by atomic mass is 35.5. The number of piperidine rings is 1. The normalized spacial score (nSPS) is 22.7. The lowest BCUT2D eigenvalue weighted by Crippen LogP contribution is -2.42. The summed E-state index contributed by atoms with van der Waals surface area (Å²) in [5.41, 5.74) is 2.47. The van der Waals surface area contributed by atoms with Crippen LogP contribution in [0.25, 0.3) is 5.65 Å². The van der Waals surface area contributed by atoms with E-state index >= 15 is 0 Å². The monoisotopic (exact) mass is 494 g/mol. The predicted molar refractivity (Wildman–Crippen MR) is 121 cm³/mol. The molecule has 0 amide bonds. The molecule has 2 aliphatic rings.